The van der Waals surface area contributed by atoms with Gasteiger partial charge in [0.2, 0.25) is 5.82 Å². The van der Waals surface area contributed by atoms with E-state index >= 15 is 0 Å². The van der Waals surface area contributed by atoms with E-state index in [9.17, 15) is 14.9 Å². The first-order valence-corrected chi connectivity index (χ1v) is 7.06. The SMILES string of the molecule is COC(=O)c1cnc(NCc2ccc(OC)c(C)c2)c([N+](=O)[O-])c1. The third kappa shape index (κ3) is 3.78. The molecule has 8 nitrogen and oxygen atoms in total. The molecule has 0 bridgehead atoms. The van der Waals surface area contributed by atoms with Gasteiger partial charge in [-0.2, -0.15) is 0 Å². The van der Waals surface area contributed by atoms with Crippen molar-refractivity contribution < 1.29 is 19.2 Å². The van der Waals surface area contributed by atoms with E-state index in [0.717, 1.165) is 22.9 Å². The summed E-state index contributed by atoms with van der Waals surface area (Å²) in [5.41, 5.74) is 1.61. The van der Waals surface area contributed by atoms with Gasteiger partial charge in [-0.25, -0.2) is 9.78 Å². The Morgan fingerprint density at radius 1 is 1.33 bits per heavy atom. The van der Waals surface area contributed by atoms with Crippen LogP contribution in [0.15, 0.2) is 30.5 Å². The average molecular weight is 331 g/mol. The summed E-state index contributed by atoms with van der Waals surface area (Å²) in [5, 5.41) is 14.1. The smallest absolute Gasteiger partial charge is 0.339 e. The van der Waals surface area contributed by atoms with Crippen LogP contribution in [0.4, 0.5) is 11.5 Å². The number of hydrogen-bond donors (Lipinski definition) is 1. The van der Waals surface area contributed by atoms with E-state index in [2.05, 4.69) is 15.0 Å². The summed E-state index contributed by atoms with van der Waals surface area (Å²) in [6, 6.07) is 6.74. The lowest BCUT2D eigenvalue weighted by Crippen LogP contribution is -2.08. The molecule has 2 aromatic rings. The van der Waals surface area contributed by atoms with Crippen LogP contribution in [0, 0.1) is 17.0 Å². The molecule has 126 valence electrons. The number of nitrogens with one attached hydrogen (secondary N) is 1. The number of carbonyl (C=O) groups excluding carboxylic acids is 1. The average Bonchev–Trinajstić information content (AvgIpc) is 2.59. The predicted octanol–water partition coefficient (Wildman–Crippen LogP) is 2.71. The fraction of sp³-hybridized carbons (Fsp3) is 0.250. The molecule has 0 aliphatic carbocycles. The molecule has 0 atom stereocenters. The summed E-state index contributed by atoms with van der Waals surface area (Å²) < 4.78 is 9.74. The number of pyridine rings is 1. The van der Waals surface area contributed by atoms with Crippen LogP contribution in [-0.4, -0.2) is 30.1 Å². The third-order valence-corrected chi connectivity index (χ3v) is 3.40. The summed E-state index contributed by atoms with van der Waals surface area (Å²) in [7, 11) is 2.79. The molecule has 0 saturated heterocycles. The number of nitro groups is 1. The van der Waals surface area contributed by atoms with Crippen LogP contribution in [0.3, 0.4) is 0 Å². The Hall–Kier alpha value is -3.16. The largest absolute Gasteiger partial charge is 0.496 e. The molecular weight excluding hydrogens is 314 g/mol. The van der Waals surface area contributed by atoms with E-state index in [0.29, 0.717) is 6.54 Å². The van der Waals surface area contributed by atoms with Gasteiger partial charge in [0, 0.05) is 18.8 Å². The summed E-state index contributed by atoms with van der Waals surface area (Å²) in [5.74, 6) is 0.175. The number of benzene rings is 1. The quantitative estimate of drug-likeness (QED) is 0.493. The normalized spacial score (nSPS) is 10.1. The zero-order valence-corrected chi connectivity index (χ0v) is 13.5. The maximum atomic E-state index is 11.5. The van der Waals surface area contributed by atoms with Gasteiger partial charge in [0.05, 0.1) is 24.7 Å². The van der Waals surface area contributed by atoms with Crippen molar-refractivity contribution in [2.24, 2.45) is 0 Å². The number of aryl methyl sites for hydroxylation is 1. The number of ether oxygens (including phenoxy) is 2. The van der Waals surface area contributed by atoms with E-state index in [1.807, 2.05) is 25.1 Å². The van der Waals surface area contributed by atoms with Crippen molar-refractivity contribution in [3.05, 3.63) is 57.3 Å². The molecule has 0 fully saturated rings. The molecule has 0 aliphatic heterocycles. The van der Waals surface area contributed by atoms with Crippen LogP contribution in [0.2, 0.25) is 0 Å². The molecule has 0 amide bonds. The highest BCUT2D eigenvalue weighted by Gasteiger charge is 2.19. The maximum absolute atomic E-state index is 11.5. The van der Waals surface area contributed by atoms with Gasteiger partial charge in [0.1, 0.15) is 5.75 Å². The molecule has 1 heterocycles. The molecule has 0 saturated carbocycles. The van der Waals surface area contributed by atoms with E-state index in [-0.39, 0.29) is 17.1 Å². The number of nitrogens with zero attached hydrogens (tertiary/aromatic N) is 2. The molecule has 1 aromatic carbocycles. The Balaban J connectivity index is 2.21. The number of methoxy groups -OCH3 is 2. The van der Waals surface area contributed by atoms with E-state index < -0.39 is 10.9 Å². The fourth-order valence-corrected chi connectivity index (χ4v) is 2.19. The third-order valence-electron chi connectivity index (χ3n) is 3.40. The Morgan fingerprint density at radius 3 is 2.67 bits per heavy atom. The Morgan fingerprint density at radius 2 is 2.08 bits per heavy atom. The number of carbonyl (C=O) groups is 1. The van der Waals surface area contributed by atoms with Crippen molar-refractivity contribution >= 4 is 17.5 Å². The van der Waals surface area contributed by atoms with Crippen molar-refractivity contribution in [3.8, 4) is 5.75 Å². The van der Waals surface area contributed by atoms with Crippen LogP contribution < -0.4 is 10.1 Å². The van der Waals surface area contributed by atoms with Crippen LogP contribution in [0.1, 0.15) is 21.5 Å². The Bertz CT molecular complexity index is 776. The number of hydrogen-bond acceptors (Lipinski definition) is 7. The summed E-state index contributed by atoms with van der Waals surface area (Å²) in [4.78, 5) is 26.0. The highest BCUT2D eigenvalue weighted by atomic mass is 16.6. The second kappa shape index (κ2) is 7.40. The second-order valence-corrected chi connectivity index (χ2v) is 5.00. The van der Waals surface area contributed by atoms with Gasteiger partial charge in [0.15, 0.2) is 0 Å². The molecule has 0 spiro atoms. The molecule has 1 N–H and O–H groups in total. The first kappa shape index (κ1) is 17.2. The monoisotopic (exact) mass is 331 g/mol. The summed E-state index contributed by atoms with van der Waals surface area (Å²) in [6.07, 6.45) is 1.24. The standard InChI is InChI=1S/C16H17N3O5/c1-10-6-11(4-5-14(10)23-2)8-17-15-13(19(21)22)7-12(9-18-15)16(20)24-3/h4-7,9H,8H2,1-3H3,(H,17,18). The van der Waals surface area contributed by atoms with Crippen LogP contribution >= 0.6 is 0 Å². The van der Waals surface area contributed by atoms with Gasteiger partial charge in [-0.1, -0.05) is 12.1 Å². The fourth-order valence-electron chi connectivity index (χ4n) is 2.19. The van der Waals surface area contributed by atoms with Gasteiger partial charge in [-0.05, 0) is 24.1 Å². The predicted molar refractivity (Wildman–Crippen MR) is 87.3 cm³/mol. The first-order chi connectivity index (χ1) is 11.5. The number of anilines is 1. The highest BCUT2D eigenvalue weighted by Crippen LogP contribution is 2.24. The first-order valence-electron chi connectivity index (χ1n) is 7.06. The number of esters is 1. The highest BCUT2D eigenvalue weighted by molar-refractivity contribution is 5.90. The van der Waals surface area contributed by atoms with Gasteiger partial charge in [-0.3, -0.25) is 10.1 Å². The van der Waals surface area contributed by atoms with Crippen molar-refractivity contribution in [1.29, 1.82) is 0 Å². The zero-order chi connectivity index (χ0) is 17.7. The van der Waals surface area contributed by atoms with Gasteiger partial charge < -0.3 is 14.8 Å². The Kier molecular flexibility index (Phi) is 5.31. The van der Waals surface area contributed by atoms with Crippen LogP contribution in [0.25, 0.3) is 0 Å². The lowest BCUT2D eigenvalue weighted by Gasteiger charge is -2.10. The van der Waals surface area contributed by atoms with Crippen molar-refractivity contribution in [2.45, 2.75) is 13.5 Å². The van der Waals surface area contributed by atoms with Crippen molar-refractivity contribution in [3.63, 3.8) is 0 Å². The van der Waals surface area contributed by atoms with Crippen LogP contribution in [-0.2, 0) is 11.3 Å². The number of rotatable bonds is 6. The minimum Gasteiger partial charge on any atom is -0.496 e. The topological polar surface area (TPSA) is 104 Å². The molecular formula is C16H17N3O5. The van der Waals surface area contributed by atoms with E-state index in [1.165, 1.54) is 13.3 Å². The maximum Gasteiger partial charge on any atom is 0.339 e. The van der Waals surface area contributed by atoms with E-state index in [4.69, 9.17) is 4.74 Å². The van der Waals surface area contributed by atoms with Crippen LogP contribution in [0.5, 0.6) is 5.75 Å². The van der Waals surface area contributed by atoms with Gasteiger partial charge in [-0.15, -0.1) is 0 Å². The van der Waals surface area contributed by atoms with Gasteiger partial charge in [0.25, 0.3) is 0 Å². The van der Waals surface area contributed by atoms with Crippen molar-refractivity contribution in [1.82, 2.24) is 4.98 Å². The molecule has 0 unspecified atom stereocenters. The molecule has 0 aliphatic rings. The lowest BCUT2D eigenvalue weighted by molar-refractivity contribution is -0.384. The zero-order valence-electron chi connectivity index (χ0n) is 13.5. The molecule has 0 radical (unpaired) electrons. The molecule has 1 aromatic heterocycles. The Labute approximate surface area is 138 Å². The molecule has 8 heteroatoms. The summed E-state index contributed by atoms with van der Waals surface area (Å²) >= 11 is 0. The summed E-state index contributed by atoms with van der Waals surface area (Å²) in [6.45, 7) is 2.25. The number of aromatic nitrogens is 1. The minimum atomic E-state index is -0.678. The van der Waals surface area contributed by atoms with Crippen molar-refractivity contribution in [2.75, 3.05) is 19.5 Å². The minimum absolute atomic E-state index is 0.0232. The second-order valence-electron chi connectivity index (χ2n) is 5.00. The lowest BCUT2D eigenvalue weighted by atomic mass is 10.1. The van der Waals surface area contributed by atoms with Gasteiger partial charge >= 0.3 is 11.7 Å². The van der Waals surface area contributed by atoms with E-state index in [1.54, 1.807) is 7.11 Å². The molecule has 2 rings (SSSR count). The molecule has 24 heavy (non-hydrogen) atoms.